The Bertz CT molecular complexity index is 295. The average molecular weight is 290 g/mol. The van der Waals surface area contributed by atoms with E-state index in [4.69, 9.17) is 9.84 Å². The lowest BCUT2D eigenvalue weighted by Gasteiger charge is -2.15. The Balaban J connectivity index is 2.17. The van der Waals surface area contributed by atoms with Crippen molar-refractivity contribution in [2.24, 2.45) is 0 Å². The van der Waals surface area contributed by atoms with Crippen molar-refractivity contribution in [1.82, 2.24) is 10.6 Å². The van der Waals surface area contributed by atoms with Gasteiger partial charge in [-0.1, -0.05) is 0 Å². The minimum Gasteiger partial charge on any atom is -0.480 e. The van der Waals surface area contributed by atoms with Gasteiger partial charge in [-0.25, -0.2) is 9.59 Å². The molecule has 1 aliphatic rings. The van der Waals surface area contributed by atoms with Crippen molar-refractivity contribution in [1.29, 1.82) is 0 Å². The Morgan fingerprint density at radius 2 is 2.32 bits per heavy atom. The number of ether oxygens (including phenoxy) is 1. The summed E-state index contributed by atoms with van der Waals surface area (Å²) in [6, 6.07) is -1.25. The highest BCUT2D eigenvalue weighted by Gasteiger charge is 2.19. The lowest BCUT2D eigenvalue weighted by Crippen LogP contribution is -2.46. The fourth-order valence-corrected chi connectivity index (χ4v) is 2.39. The summed E-state index contributed by atoms with van der Waals surface area (Å²) in [5.74, 6) is -0.295. The Hall–Kier alpha value is -0.950. The number of carbonyl (C=O) groups is 2. The molecular formula is C12H22N2O4S. The number of nitrogens with one attached hydrogen (secondary N) is 2. The summed E-state index contributed by atoms with van der Waals surface area (Å²) in [5.41, 5.74) is 0. The first-order valence-corrected chi connectivity index (χ1v) is 7.90. The van der Waals surface area contributed by atoms with E-state index < -0.39 is 18.0 Å². The van der Waals surface area contributed by atoms with Gasteiger partial charge >= 0.3 is 12.0 Å². The van der Waals surface area contributed by atoms with Gasteiger partial charge < -0.3 is 20.5 Å². The predicted octanol–water partition coefficient (Wildman–Crippen LogP) is 1.06. The molecule has 3 N–H and O–H groups in total. The smallest absolute Gasteiger partial charge is 0.326 e. The fraction of sp³-hybridized carbons (Fsp3) is 0.833. The first kappa shape index (κ1) is 16.1. The summed E-state index contributed by atoms with van der Waals surface area (Å²) in [6.07, 6.45) is 5.44. The number of hydrogen-bond acceptors (Lipinski definition) is 4. The van der Waals surface area contributed by atoms with Crippen LogP contribution >= 0.6 is 11.8 Å². The van der Waals surface area contributed by atoms with Gasteiger partial charge in [0.1, 0.15) is 6.04 Å². The molecule has 7 heteroatoms. The monoisotopic (exact) mass is 290 g/mol. The SMILES string of the molecule is CSCCC(NC(=O)NCCC1CCCO1)C(=O)O. The molecule has 19 heavy (non-hydrogen) atoms. The fourth-order valence-electron chi connectivity index (χ4n) is 1.92. The number of amides is 2. The summed E-state index contributed by atoms with van der Waals surface area (Å²) < 4.78 is 5.44. The van der Waals surface area contributed by atoms with Crippen molar-refractivity contribution >= 4 is 23.8 Å². The van der Waals surface area contributed by atoms with Gasteiger partial charge in [-0.2, -0.15) is 11.8 Å². The lowest BCUT2D eigenvalue weighted by molar-refractivity contribution is -0.139. The van der Waals surface area contributed by atoms with Crippen molar-refractivity contribution in [3.8, 4) is 0 Å². The standard InChI is InChI=1S/C12H22N2O4S/c1-19-8-5-10(11(15)16)14-12(17)13-6-4-9-3-2-7-18-9/h9-10H,2-8H2,1H3,(H,15,16)(H2,13,14,17). The minimum atomic E-state index is -0.997. The van der Waals surface area contributed by atoms with Crippen LogP contribution in [-0.2, 0) is 9.53 Å². The molecule has 1 rings (SSSR count). The van der Waals surface area contributed by atoms with E-state index in [0.29, 0.717) is 18.7 Å². The molecule has 2 atom stereocenters. The van der Waals surface area contributed by atoms with Gasteiger partial charge in [0.05, 0.1) is 6.10 Å². The maximum Gasteiger partial charge on any atom is 0.326 e. The van der Waals surface area contributed by atoms with E-state index in [2.05, 4.69) is 10.6 Å². The van der Waals surface area contributed by atoms with Crippen molar-refractivity contribution < 1.29 is 19.4 Å². The van der Waals surface area contributed by atoms with Crippen molar-refractivity contribution in [3.05, 3.63) is 0 Å². The first-order valence-electron chi connectivity index (χ1n) is 6.51. The van der Waals surface area contributed by atoms with E-state index >= 15 is 0 Å². The molecule has 0 saturated carbocycles. The molecule has 0 aromatic heterocycles. The summed E-state index contributed by atoms with van der Waals surface area (Å²) in [6.45, 7) is 1.30. The van der Waals surface area contributed by atoms with Gasteiger partial charge in [-0.15, -0.1) is 0 Å². The zero-order valence-electron chi connectivity index (χ0n) is 11.2. The van der Waals surface area contributed by atoms with Crippen molar-refractivity contribution in [2.45, 2.75) is 37.8 Å². The van der Waals surface area contributed by atoms with E-state index in [9.17, 15) is 9.59 Å². The van der Waals surface area contributed by atoms with E-state index in [1.807, 2.05) is 6.26 Å². The van der Waals surface area contributed by atoms with E-state index in [-0.39, 0.29) is 6.10 Å². The van der Waals surface area contributed by atoms with E-state index in [1.54, 1.807) is 11.8 Å². The number of urea groups is 1. The van der Waals surface area contributed by atoms with Crippen LogP contribution in [0.25, 0.3) is 0 Å². The van der Waals surface area contributed by atoms with Crippen LogP contribution in [0.4, 0.5) is 4.79 Å². The number of hydrogen-bond donors (Lipinski definition) is 3. The first-order chi connectivity index (χ1) is 9.13. The maximum atomic E-state index is 11.6. The minimum absolute atomic E-state index is 0.229. The van der Waals surface area contributed by atoms with Crippen LogP contribution in [0.3, 0.4) is 0 Å². The van der Waals surface area contributed by atoms with Crippen LogP contribution in [0, 0.1) is 0 Å². The number of carboxylic acids is 1. The Morgan fingerprint density at radius 3 is 2.89 bits per heavy atom. The zero-order chi connectivity index (χ0) is 14.1. The number of thioether (sulfide) groups is 1. The molecule has 2 unspecified atom stereocenters. The van der Waals surface area contributed by atoms with Gasteiger partial charge in [0.15, 0.2) is 0 Å². The van der Waals surface area contributed by atoms with Gasteiger partial charge in [0, 0.05) is 13.2 Å². The van der Waals surface area contributed by atoms with Gasteiger partial charge in [-0.05, 0) is 37.7 Å². The van der Waals surface area contributed by atoms with Crippen LogP contribution in [0.1, 0.15) is 25.7 Å². The third-order valence-electron chi connectivity index (χ3n) is 2.99. The molecule has 0 spiro atoms. The van der Waals surface area contributed by atoms with Gasteiger partial charge in [-0.3, -0.25) is 0 Å². The maximum absolute atomic E-state index is 11.6. The quantitative estimate of drug-likeness (QED) is 0.622. The Morgan fingerprint density at radius 1 is 1.53 bits per heavy atom. The molecule has 2 amide bonds. The van der Waals surface area contributed by atoms with Crippen LogP contribution < -0.4 is 10.6 Å². The predicted molar refractivity (Wildman–Crippen MR) is 74.5 cm³/mol. The average Bonchev–Trinajstić information content (AvgIpc) is 2.87. The molecule has 0 aromatic rings. The van der Waals surface area contributed by atoms with Crippen LogP contribution in [-0.4, -0.2) is 54.4 Å². The molecule has 0 aromatic carbocycles. The summed E-state index contributed by atoms with van der Waals surface area (Å²) in [7, 11) is 0. The van der Waals surface area contributed by atoms with Gasteiger partial charge in [0.2, 0.25) is 0 Å². The van der Waals surface area contributed by atoms with Crippen LogP contribution in [0.2, 0.25) is 0 Å². The van der Waals surface area contributed by atoms with Crippen LogP contribution in [0.15, 0.2) is 0 Å². The normalized spacial score (nSPS) is 19.9. The topological polar surface area (TPSA) is 87.7 Å². The number of carbonyl (C=O) groups excluding carboxylic acids is 1. The van der Waals surface area contributed by atoms with E-state index in [1.165, 1.54) is 0 Å². The summed E-state index contributed by atoms with van der Waals surface area (Å²) in [4.78, 5) is 22.5. The molecule has 0 bridgehead atoms. The third-order valence-corrected chi connectivity index (χ3v) is 3.63. The molecule has 0 radical (unpaired) electrons. The highest BCUT2D eigenvalue weighted by molar-refractivity contribution is 7.98. The summed E-state index contributed by atoms with van der Waals surface area (Å²) in [5, 5.41) is 14.1. The molecular weight excluding hydrogens is 268 g/mol. The molecule has 0 aliphatic carbocycles. The second kappa shape index (κ2) is 9.03. The third kappa shape index (κ3) is 6.68. The highest BCUT2D eigenvalue weighted by atomic mass is 32.2. The molecule has 110 valence electrons. The number of aliphatic carboxylic acids is 1. The number of rotatable bonds is 8. The zero-order valence-corrected chi connectivity index (χ0v) is 12.0. The van der Waals surface area contributed by atoms with E-state index in [0.717, 1.165) is 25.9 Å². The lowest BCUT2D eigenvalue weighted by atomic mass is 10.2. The van der Waals surface area contributed by atoms with Crippen molar-refractivity contribution in [2.75, 3.05) is 25.2 Å². The number of carboxylic acid groups (broad SMARTS) is 1. The Kier molecular flexibility index (Phi) is 7.66. The molecule has 6 nitrogen and oxygen atoms in total. The second-order valence-corrected chi connectivity index (χ2v) is 5.48. The largest absolute Gasteiger partial charge is 0.480 e. The second-order valence-electron chi connectivity index (χ2n) is 4.50. The highest BCUT2D eigenvalue weighted by Crippen LogP contribution is 2.14. The van der Waals surface area contributed by atoms with Crippen LogP contribution in [0.5, 0.6) is 0 Å². The van der Waals surface area contributed by atoms with Gasteiger partial charge in [0.25, 0.3) is 0 Å². The molecule has 1 fully saturated rings. The Labute approximate surface area is 117 Å². The molecule has 1 saturated heterocycles. The molecule has 1 aliphatic heterocycles. The molecule has 1 heterocycles. The summed E-state index contributed by atoms with van der Waals surface area (Å²) >= 11 is 1.56. The van der Waals surface area contributed by atoms with Crippen molar-refractivity contribution in [3.63, 3.8) is 0 Å².